The van der Waals surface area contributed by atoms with Crippen molar-refractivity contribution in [3.05, 3.63) is 151 Å². The highest BCUT2D eigenvalue weighted by atomic mass is 16.3. The molecule has 46 heavy (non-hydrogen) atoms. The van der Waals surface area contributed by atoms with Gasteiger partial charge >= 0.3 is 0 Å². The molecule has 9 rings (SSSR count). The Balaban J connectivity index is 1.21. The van der Waals surface area contributed by atoms with Crippen molar-refractivity contribution in [1.29, 1.82) is 0 Å². The maximum Gasteiger partial charge on any atom is 0.160 e. The van der Waals surface area contributed by atoms with Crippen molar-refractivity contribution in [2.24, 2.45) is 0 Å². The third kappa shape index (κ3) is 4.18. The normalized spacial score (nSPS) is 13.2. The predicted molar refractivity (Wildman–Crippen MR) is 186 cm³/mol. The van der Waals surface area contributed by atoms with Crippen molar-refractivity contribution in [2.45, 2.75) is 19.3 Å². The number of nitrogens with zero attached hydrogens (tertiary/aromatic N) is 3. The van der Waals surface area contributed by atoms with Gasteiger partial charge in [0, 0.05) is 45.3 Å². The average molecular weight is 592 g/mol. The van der Waals surface area contributed by atoms with Crippen LogP contribution >= 0.6 is 0 Å². The molecule has 5 aromatic carbocycles. The number of para-hydroxylation sites is 1. The summed E-state index contributed by atoms with van der Waals surface area (Å²) in [4.78, 5) is 14.6. The number of benzene rings is 5. The first-order chi connectivity index (χ1) is 22.5. The van der Waals surface area contributed by atoms with Crippen LogP contribution in [0.2, 0.25) is 0 Å². The van der Waals surface area contributed by atoms with E-state index in [0.29, 0.717) is 5.82 Å². The van der Waals surface area contributed by atoms with Gasteiger partial charge in [-0.2, -0.15) is 0 Å². The molecule has 1 aliphatic rings. The lowest BCUT2D eigenvalue weighted by Crippen LogP contribution is -2.14. The molecule has 4 heteroatoms. The van der Waals surface area contributed by atoms with Gasteiger partial charge in [0.2, 0.25) is 0 Å². The fraction of sp³-hybridized carbons (Fsp3) is 0.0714. The first-order valence-electron chi connectivity index (χ1n) is 15.6. The molecule has 0 radical (unpaired) electrons. The summed E-state index contributed by atoms with van der Waals surface area (Å²) in [5, 5.41) is 2.17. The van der Waals surface area contributed by atoms with E-state index in [1.54, 1.807) is 6.20 Å². The third-order valence-electron chi connectivity index (χ3n) is 9.42. The van der Waals surface area contributed by atoms with Gasteiger partial charge in [0.05, 0.1) is 11.4 Å². The smallest absolute Gasteiger partial charge is 0.160 e. The van der Waals surface area contributed by atoms with E-state index in [2.05, 4.69) is 116 Å². The molecule has 0 saturated heterocycles. The minimum absolute atomic E-state index is 0.101. The number of hydrogen-bond acceptors (Lipinski definition) is 4. The van der Waals surface area contributed by atoms with Gasteiger partial charge in [-0.1, -0.05) is 98.8 Å². The monoisotopic (exact) mass is 591 g/mol. The fourth-order valence-electron chi connectivity index (χ4n) is 6.97. The Bertz CT molecular complexity index is 2440. The minimum Gasteiger partial charge on any atom is -0.456 e. The summed E-state index contributed by atoms with van der Waals surface area (Å²) >= 11 is 0. The number of furan rings is 1. The lowest BCUT2D eigenvalue weighted by atomic mass is 9.82. The van der Waals surface area contributed by atoms with Crippen LogP contribution in [0.1, 0.15) is 25.0 Å². The van der Waals surface area contributed by atoms with E-state index < -0.39 is 0 Å². The molecule has 1 aliphatic carbocycles. The van der Waals surface area contributed by atoms with Crippen LogP contribution in [0.4, 0.5) is 0 Å². The van der Waals surface area contributed by atoms with E-state index in [4.69, 9.17) is 14.4 Å². The summed E-state index contributed by atoms with van der Waals surface area (Å²) in [6.45, 7) is 4.62. The molecular weight excluding hydrogens is 562 g/mol. The van der Waals surface area contributed by atoms with Gasteiger partial charge in [0.1, 0.15) is 11.2 Å². The Morgan fingerprint density at radius 1 is 0.500 bits per heavy atom. The molecule has 218 valence electrons. The molecule has 0 saturated carbocycles. The quantitative estimate of drug-likeness (QED) is 0.204. The minimum atomic E-state index is -0.101. The first kappa shape index (κ1) is 26.5. The van der Waals surface area contributed by atoms with E-state index >= 15 is 0 Å². The van der Waals surface area contributed by atoms with Crippen molar-refractivity contribution in [2.75, 3.05) is 0 Å². The Labute approximate surface area is 267 Å². The molecule has 0 fully saturated rings. The highest BCUT2D eigenvalue weighted by molar-refractivity contribution is 6.06. The van der Waals surface area contributed by atoms with E-state index in [1.807, 2.05) is 36.5 Å². The van der Waals surface area contributed by atoms with Crippen molar-refractivity contribution < 1.29 is 4.42 Å². The largest absolute Gasteiger partial charge is 0.456 e. The summed E-state index contributed by atoms with van der Waals surface area (Å²) in [7, 11) is 0. The number of fused-ring (bicyclic) bond motifs is 6. The maximum atomic E-state index is 6.13. The van der Waals surface area contributed by atoms with E-state index in [0.717, 1.165) is 61.1 Å². The second-order valence-corrected chi connectivity index (χ2v) is 12.5. The molecule has 0 amide bonds. The van der Waals surface area contributed by atoms with Gasteiger partial charge < -0.3 is 4.42 Å². The molecule has 3 heterocycles. The molecule has 0 spiro atoms. The van der Waals surface area contributed by atoms with Crippen LogP contribution in [-0.4, -0.2) is 15.0 Å². The highest BCUT2D eigenvalue weighted by Gasteiger charge is 2.35. The second kappa shape index (κ2) is 10.1. The van der Waals surface area contributed by atoms with E-state index in [-0.39, 0.29) is 5.41 Å². The van der Waals surface area contributed by atoms with Crippen LogP contribution in [0.5, 0.6) is 0 Å². The molecule has 0 aliphatic heterocycles. The lowest BCUT2D eigenvalue weighted by Gasteiger charge is -2.22. The molecular formula is C42H29N3O. The summed E-state index contributed by atoms with van der Waals surface area (Å²) in [5.74, 6) is 0.686. The molecule has 0 bridgehead atoms. The lowest BCUT2D eigenvalue weighted by molar-refractivity contribution is 0.660. The van der Waals surface area contributed by atoms with Crippen LogP contribution in [0, 0.1) is 0 Å². The first-order valence-corrected chi connectivity index (χ1v) is 15.6. The third-order valence-corrected chi connectivity index (χ3v) is 9.42. The average Bonchev–Trinajstić information content (AvgIpc) is 3.60. The summed E-state index contributed by atoms with van der Waals surface area (Å²) < 4.78 is 6.13. The molecule has 4 nitrogen and oxygen atoms in total. The SMILES string of the molecule is CC1(C)c2ccccc2-c2ccc(-c3cc(-c4ccc5oc6ccccc6c5c4)nc(-c4ccc(-c5cccnc5)cc4)n3)cc21. The Morgan fingerprint density at radius 3 is 2.00 bits per heavy atom. The van der Waals surface area contributed by atoms with Gasteiger partial charge in [-0.15, -0.1) is 0 Å². The van der Waals surface area contributed by atoms with Gasteiger partial charge in [-0.3, -0.25) is 4.98 Å². The summed E-state index contributed by atoms with van der Waals surface area (Å²) in [6.07, 6.45) is 3.68. The standard InChI is InChI=1S/C42H29N3O/c1-42(2)35-11-5-3-9-31(35)32-19-17-29(23-36(32)42)38-24-37(28-18-20-40-34(22-28)33-10-4-6-12-39(33)46-40)44-41(45-38)27-15-13-26(14-16-27)30-8-7-21-43-25-30/h3-25H,1-2H3. The second-order valence-electron chi connectivity index (χ2n) is 12.5. The Kier molecular flexibility index (Phi) is 5.81. The number of hydrogen-bond donors (Lipinski definition) is 0. The number of aromatic nitrogens is 3. The topological polar surface area (TPSA) is 51.8 Å². The van der Waals surface area contributed by atoms with Gasteiger partial charge in [-0.05, 0) is 75.8 Å². The molecule has 8 aromatic rings. The van der Waals surface area contributed by atoms with Crippen molar-refractivity contribution >= 4 is 21.9 Å². The van der Waals surface area contributed by atoms with Crippen LogP contribution in [0.3, 0.4) is 0 Å². The zero-order chi connectivity index (χ0) is 30.8. The van der Waals surface area contributed by atoms with Gasteiger partial charge in [0.25, 0.3) is 0 Å². The van der Waals surface area contributed by atoms with Crippen molar-refractivity contribution in [1.82, 2.24) is 15.0 Å². The van der Waals surface area contributed by atoms with E-state index in [1.165, 1.54) is 22.3 Å². The van der Waals surface area contributed by atoms with Crippen molar-refractivity contribution in [3.63, 3.8) is 0 Å². The zero-order valence-corrected chi connectivity index (χ0v) is 25.5. The van der Waals surface area contributed by atoms with Gasteiger partial charge in [0.15, 0.2) is 5.82 Å². The molecule has 0 atom stereocenters. The predicted octanol–water partition coefficient (Wildman–Crippen LogP) is 10.7. The van der Waals surface area contributed by atoms with Gasteiger partial charge in [-0.25, -0.2) is 9.97 Å². The Morgan fingerprint density at radius 2 is 1.17 bits per heavy atom. The summed E-state index contributed by atoms with van der Waals surface area (Å²) in [6, 6.07) is 44.6. The van der Waals surface area contributed by atoms with E-state index in [9.17, 15) is 0 Å². The maximum absolute atomic E-state index is 6.13. The van der Waals surface area contributed by atoms with Crippen LogP contribution in [0.15, 0.2) is 144 Å². The number of rotatable bonds is 4. The number of pyridine rings is 1. The fourth-order valence-corrected chi connectivity index (χ4v) is 6.97. The van der Waals surface area contributed by atoms with Crippen LogP contribution in [0.25, 0.3) is 78.1 Å². The molecule has 0 N–H and O–H groups in total. The zero-order valence-electron chi connectivity index (χ0n) is 25.5. The highest BCUT2D eigenvalue weighted by Crippen LogP contribution is 2.49. The van der Waals surface area contributed by atoms with Crippen LogP contribution < -0.4 is 0 Å². The molecule has 0 unspecified atom stereocenters. The Hall–Kier alpha value is -5.87. The summed E-state index contributed by atoms with van der Waals surface area (Å²) in [5.41, 5.74) is 13.9. The molecule has 3 aromatic heterocycles. The van der Waals surface area contributed by atoms with Crippen molar-refractivity contribution in [3.8, 4) is 56.2 Å². The van der Waals surface area contributed by atoms with Crippen LogP contribution in [-0.2, 0) is 5.41 Å².